The molecule has 0 aromatic heterocycles. The molecule has 0 amide bonds. The first-order valence-electron chi connectivity index (χ1n) is 8.69. The number of cyclic esters (lactones) is 1. The molecule has 4 fully saturated rings. The molecule has 0 spiro atoms. The summed E-state index contributed by atoms with van der Waals surface area (Å²) < 4.78 is 5.50. The first-order chi connectivity index (χ1) is 9.53. The van der Waals surface area contributed by atoms with Crippen LogP contribution < -0.4 is 0 Å². The molecular weight excluding hydrogens is 248 g/mol. The van der Waals surface area contributed by atoms with Crippen molar-refractivity contribution in [2.45, 2.75) is 65.2 Å². The first kappa shape index (κ1) is 13.2. The van der Waals surface area contributed by atoms with Crippen molar-refractivity contribution in [3.63, 3.8) is 0 Å². The summed E-state index contributed by atoms with van der Waals surface area (Å²) in [7, 11) is 0. The average molecular weight is 276 g/mol. The van der Waals surface area contributed by atoms with Crippen LogP contribution in [0.15, 0.2) is 0 Å². The van der Waals surface area contributed by atoms with Gasteiger partial charge in [0.2, 0.25) is 0 Å². The van der Waals surface area contributed by atoms with Gasteiger partial charge in [0.05, 0.1) is 6.61 Å². The lowest BCUT2D eigenvalue weighted by Crippen LogP contribution is -2.55. The van der Waals surface area contributed by atoms with Gasteiger partial charge in [-0.05, 0) is 67.6 Å². The Kier molecular flexibility index (Phi) is 2.79. The molecule has 0 N–H and O–H groups in total. The largest absolute Gasteiger partial charge is 0.465 e. The number of rotatable bonds is 0. The van der Waals surface area contributed by atoms with Gasteiger partial charge >= 0.3 is 5.97 Å². The number of carbonyl (C=O) groups is 1. The number of carbonyl (C=O) groups excluding carboxylic acids is 1. The maximum Gasteiger partial charge on any atom is 0.306 e. The third-order valence-electron chi connectivity index (χ3n) is 7.80. The van der Waals surface area contributed by atoms with Crippen LogP contribution in [0.1, 0.15) is 65.2 Å². The number of fused-ring (bicyclic) bond motifs is 5. The summed E-state index contributed by atoms with van der Waals surface area (Å²) in [6.45, 7) is 5.68. The van der Waals surface area contributed by atoms with Gasteiger partial charge in [0.15, 0.2) is 0 Å². The molecule has 4 rings (SSSR count). The van der Waals surface area contributed by atoms with Crippen LogP contribution in [0.3, 0.4) is 0 Å². The fourth-order valence-corrected chi connectivity index (χ4v) is 6.58. The predicted molar refractivity (Wildman–Crippen MR) is 78.1 cm³/mol. The standard InChI is InChI=1S/C18H28O2/c1-17-8-3-4-14(17)13-6-5-12-10-16(19)20-11-18(12,2)15(13)7-9-17/h12-15H,3-11H2,1-2H3/t12-,13-,14-,15-,17-,18-/m0/s1. The lowest BCUT2D eigenvalue weighted by atomic mass is 9.47. The van der Waals surface area contributed by atoms with Crippen LogP contribution in [0, 0.1) is 34.5 Å². The minimum atomic E-state index is 0.0486. The van der Waals surface area contributed by atoms with Crippen LogP contribution >= 0.6 is 0 Å². The minimum absolute atomic E-state index is 0.0486. The third-order valence-corrected chi connectivity index (χ3v) is 7.80. The average Bonchev–Trinajstić information content (AvgIpc) is 2.81. The molecule has 112 valence electrons. The Balaban J connectivity index is 1.64. The summed E-state index contributed by atoms with van der Waals surface area (Å²) in [5.41, 5.74) is 0.913. The van der Waals surface area contributed by atoms with Crippen molar-refractivity contribution in [1.29, 1.82) is 0 Å². The summed E-state index contributed by atoms with van der Waals surface area (Å²) in [6, 6.07) is 0. The van der Waals surface area contributed by atoms with E-state index in [9.17, 15) is 4.79 Å². The van der Waals surface area contributed by atoms with E-state index in [0.29, 0.717) is 24.4 Å². The second kappa shape index (κ2) is 4.24. The van der Waals surface area contributed by atoms with Crippen LogP contribution in [-0.2, 0) is 9.53 Å². The summed E-state index contributed by atoms with van der Waals surface area (Å²) >= 11 is 0. The molecule has 2 nitrogen and oxygen atoms in total. The molecule has 3 saturated carbocycles. The van der Waals surface area contributed by atoms with Gasteiger partial charge in [-0.3, -0.25) is 4.79 Å². The summed E-state index contributed by atoms with van der Waals surface area (Å²) in [5.74, 6) is 3.32. The van der Waals surface area contributed by atoms with Gasteiger partial charge < -0.3 is 4.74 Å². The van der Waals surface area contributed by atoms with Crippen LogP contribution in [0.5, 0.6) is 0 Å². The highest BCUT2D eigenvalue weighted by molar-refractivity contribution is 5.70. The van der Waals surface area contributed by atoms with E-state index in [2.05, 4.69) is 13.8 Å². The summed E-state index contributed by atoms with van der Waals surface area (Å²) in [6.07, 6.45) is 10.5. The first-order valence-corrected chi connectivity index (χ1v) is 8.69. The number of hydrogen-bond acceptors (Lipinski definition) is 2. The number of hydrogen-bond donors (Lipinski definition) is 0. The van der Waals surface area contributed by atoms with Crippen LogP contribution in [-0.4, -0.2) is 12.6 Å². The van der Waals surface area contributed by atoms with Crippen molar-refractivity contribution in [2.24, 2.45) is 34.5 Å². The van der Waals surface area contributed by atoms with Crippen molar-refractivity contribution in [3.05, 3.63) is 0 Å². The fraction of sp³-hybridized carbons (Fsp3) is 0.944. The lowest BCUT2D eigenvalue weighted by molar-refractivity contribution is -0.179. The van der Waals surface area contributed by atoms with Gasteiger partial charge in [-0.15, -0.1) is 0 Å². The van der Waals surface area contributed by atoms with Crippen molar-refractivity contribution < 1.29 is 9.53 Å². The van der Waals surface area contributed by atoms with E-state index in [1.54, 1.807) is 0 Å². The van der Waals surface area contributed by atoms with Crippen LogP contribution in [0.2, 0.25) is 0 Å². The molecule has 1 heterocycles. The Morgan fingerprint density at radius 3 is 2.75 bits per heavy atom. The van der Waals surface area contributed by atoms with E-state index in [1.165, 1.54) is 44.9 Å². The topological polar surface area (TPSA) is 26.3 Å². The van der Waals surface area contributed by atoms with Crippen LogP contribution in [0.4, 0.5) is 0 Å². The van der Waals surface area contributed by atoms with Gasteiger partial charge in [-0.2, -0.15) is 0 Å². The maximum atomic E-state index is 11.6. The van der Waals surface area contributed by atoms with E-state index in [-0.39, 0.29) is 11.4 Å². The normalized spacial score (nSPS) is 54.6. The summed E-state index contributed by atoms with van der Waals surface area (Å²) in [4.78, 5) is 11.6. The molecule has 0 radical (unpaired) electrons. The highest BCUT2D eigenvalue weighted by atomic mass is 16.5. The Hall–Kier alpha value is -0.530. The zero-order valence-electron chi connectivity index (χ0n) is 13.0. The van der Waals surface area contributed by atoms with Gasteiger partial charge in [-0.25, -0.2) is 0 Å². The van der Waals surface area contributed by atoms with Crippen molar-refractivity contribution in [1.82, 2.24) is 0 Å². The third kappa shape index (κ3) is 1.66. The molecule has 0 bridgehead atoms. The molecule has 2 heteroatoms. The Morgan fingerprint density at radius 1 is 1.05 bits per heavy atom. The molecule has 0 aromatic carbocycles. The van der Waals surface area contributed by atoms with Gasteiger partial charge in [0, 0.05) is 11.8 Å². The van der Waals surface area contributed by atoms with Gasteiger partial charge in [-0.1, -0.05) is 20.3 Å². The summed E-state index contributed by atoms with van der Waals surface area (Å²) in [5, 5.41) is 0. The molecule has 0 unspecified atom stereocenters. The van der Waals surface area contributed by atoms with E-state index in [4.69, 9.17) is 4.74 Å². The van der Waals surface area contributed by atoms with Gasteiger partial charge in [0.25, 0.3) is 0 Å². The lowest BCUT2D eigenvalue weighted by Gasteiger charge is -2.59. The van der Waals surface area contributed by atoms with Crippen LogP contribution in [0.25, 0.3) is 0 Å². The maximum absolute atomic E-state index is 11.6. The molecule has 4 aliphatic rings. The SMILES string of the molecule is C[C@@]12CCC[C@H]1[C@@H]1CC[C@H]3CC(=O)OC[C@]3(C)[C@H]1CC2. The molecule has 3 aliphatic carbocycles. The smallest absolute Gasteiger partial charge is 0.306 e. The second-order valence-corrected chi connectivity index (χ2v) is 8.61. The minimum Gasteiger partial charge on any atom is -0.465 e. The Bertz CT molecular complexity index is 431. The van der Waals surface area contributed by atoms with Crippen molar-refractivity contribution in [2.75, 3.05) is 6.61 Å². The van der Waals surface area contributed by atoms with Crippen molar-refractivity contribution >= 4 is 5.97 Å². The monoisotopic (exact) mass is 276 g/mol. The van der Waals surface area contributed by atoms with E-state index < -0.39 is 0 Å². The molecule has 0 aromatic rings. The fourth-order valence-electron chi connectivity index (χ4n) is 6.58. The predicted octanol–water partition coefficient (Wildman–Crippen LogP) is 4.18. The molecule has 1 aliphatic heterocycles. The van der Waals surface area contributed by atoms with Crippen molar-refractivity contribution in [3.8, 4) is 0 Å². The van der Waals surface area contributed by atoms with E-state index in [1.807, 2.05) is 0 Å². The molecule has 1 saturated heterocycles. The molecular formula is C18H28O2. The zero-order chi connectivity index (χ0) is 14.0. The second-order valence-electron chi connectivity index (χ2n) is 8.61. The number of esters is 1. The van der Waals surface area contributed by atoms with E-state index >= 15 is 0 Å². The van der Waals surface area contributed by atoms with Gasteiger partial charge in [0.1, 0.15) is 0 Å². The zero-order valence-corrected chi connectivity index (χ0v) is 13.0. The Morgan fingerprint density at radius 2 is 1.90 bits per heavy atom. The molecule has 20 heavy (non-hydrogen) atoms. The Labute approximate surface area is 122 Å². The highest BCUT2D eigenvalue weighted by Crippen LogP contribution is 2.64. The number of ether oxygens (including phenoxy) is 1. The van der Waals surface area contributed by atoms with E-state index in [0.717, 1.165) is 17.8 Å². The highest BCUT2D eigenvalue weighted by Gasteiger charge is 2.58. The quantitative estimate of drug-likeness (QED) is 0.620. The molecule has 6 atom stereocenters.